The molecule has 0 aliphatic carbocycles. The second kappa shape index (κ2) is 49.9. The fourth-order valence-electron chi connectivity index (χ4n) is 8.48. The van der Waals surface area contributed by atoms with Gasteiger partial charge in [0.2, 0.25) is 0 Å². The van der Waals surface area contributed by atoms with Crippen molar-refractivity contribution in [3.05, 3.63) is 0 Å². The highest BCUT2D eigenvalue weighted by Crippen LogP contribution is 2.43. The van der Waals surface area contributed by atoms with E-state index in [0.717, 1.165) is 38.5 Å². The number of hydrogen-bond acceptors (Lipinski definition) is 9. The Morgan fingerprint density at radius 1 is 0.409 bits per heavy atom. The number of aliphatic carboxylic acids is 1. The Hall–Kier alpha value is -1.52. The minimum atomic E-state index is -4.72. The van der Waals surface area contributed by atoms with Crippen LogP contribution in [0.25, 0.3) is 0 Å². The van der Waals surface area contributed by atoms with Crippen LogP contribution in [0.4, 0.5) is 0 Å². The first-order chi connectivity index (χ1) is 32.1. The van der Waals surface area contributed by atoms with E-state index in [9.17, 15) is 23.8 Å². The van der Waals surface area contributed by atoms with E-state index in [2.05, 4.69) is 13.8 Å². The van der Waals surface area contributed by atoms with E-state index in [1.54, 1.807) is 0 Å². The number of carboxylic acid groups (broad SMARTS) is 1. The summed E-state index contributed by atoms with van der Waals surface area (Å²) < 4.78 is 32.9. The van der Waals surface area contributed by atoms with Gasteiger partial charge in [-0.05, 0) is 12.8 Å². The first-order valence-corrected chi connectivity index (χ1v) is 29.6. The van der Waals surface area contributed by atoms with Crippen molar-refractivity contribution in [2.75, 3.05) is 19.8 Å². The molecule has 0 fully saturated rings. The summed E-state index contributed by atoms with van der Waals surface area (Å²) in [5, 5.41) is 8.94. The van der Waals surface area contributed by atoms with Gasteiger partial charge >= 0.3 is 25.7 Å². The Bertz CT molecular complexity index is 1130. The van der Waals surface area contributed by atoms with Gasteiger partial charge in [0.05, 0.1) is 13.2 Å². The highest BCUT2D eigenvalue weighted by atomic mass is 31.2. The van der Waals surface area contributed by atoms with Gasteiger partial charge in [0.15, 0.2) is 6.10 Å². The number of hydrogen-bond donors (Lipinski definition) is 3. The molecular formula is C54H106NO10P. The molecule has 0 amide bonds. The third-order valence-electron chi connectivity index (χ3n) is 12.9. The van der Waals surface area contributed by atoms with E-state index >= 15 is 0 Å². The van der Waals surface area contributed by atoms with E-state index < -0.39 is 51.1 Å². The molecule has 0 aromatic carbocycles. The zero-order chi connectivity index (χ0) is 48.4. The van der Waals surface area contributed by atoms with Crippen molar-refractivity contribution in [1.29, 1.82) is 0 Å². The second-order valence-corrected chi connectivity index (χ2v) is 20.9. The average molecular weight is 960 g/mol. The van der Waals surface area contributed by atoms with Crippen molar-refractivity contribution in [2.45, 2.75) is 309 Å². The summed E-state index contributed by atoms with van der Waals surface area (Å²) in [7, 11) is -4.72. The molecule has 0 heterocycles. The largest absolute Gasteiger partial charge is 0.480 e. The molecule has 1 unspecified atom stereocenters. The van der Waals surface area contributed by atoms with Gasteiger partial charge in [-0.3, -0.25) is 23.4 Å². The van der Waals surface area contributed by atoms with E-state index in [1.807, 2.05) is 0 Å². The Balaban J connectivity index is 4.12. The molecule has 0 radical (unpaired) electrons. The molecule has 0 aliphatic rings. The van der Waals surface area contributed by atoms with Crippen molar-refractivity contribution < 1.29 is 47.5 Å². The van der Waals surface area contributed by atoms with Crippen LogP contribution in [0.1, 0.15) is 296 Å². The molecule has 0 spiro atoms. The lowest BCUT2D eigenvalue weighted by Gasteiger charge is -2.20. The number of rotatable bonds is 54. The maximum atomic E-state index is 12.7. The molecular weight excluding hydrogens is 854 g/mol. The molecule has 11 nitrogen and oxygen atoms in total. The van der Waals surface area contributed by atoms with Crippen LogP contribution in [0, 0.1) is 0 Å². The maximum absolute atomic E-state index is 12.7. The SMILES string of the molecule is CCCCCCCCCCCCCCCCCCCCCCCCCC(=O)O[C@H](COC(=O)CCCCCCCCCCCCCCCCCCCCC)COP(=O)(O)OC[C@H](N)C(=O)O. The summed E-state index contributed by atoms with van der Waals surface area (Å²) in [6.07, 6.45) is 53.1. The number of esters is 2. The van der Waals surface area contributed by atoms with Gasteiger partial charge < -0.3 is 25.2 Å². The summed E-state index contributed by atoms with van der Waals surface area (Å²) in [5.41, 5.74) is 5.36. The topological polar surface area (TPSA) is 172 Å². The number of carboxylic acids is 1. The number of carbonyl (C=O) groups excluding carboxylic acids is 2. The number of carbonyl (C=O) groups is 3. The van der Waals surface area contributed by atoms with Crippen LogP contribution in [-0.4, -0.2) is 59.9 Å². The van der Waals surface area contributed by atoms with Crippen LogP contribution in [-0.2, 0) is 37.5 Å². The Morgan fingerprint density at radius 2 is 0.667 bits per heavy atom. The summed E-state index contributed by atoms with van der Waals surface area (Å²) in [6, 6.07) is -1.52. The Labute approximate surface area is 405 Å². The molecule has 0 saturated carbocycles. The van der Waals surface area contributed by atoms with E-state index in [0.29, 0.717) is 12.8 Å². The minimum Gasteiger partial charge on any atom is -0.480 e. The van der Waals surface area contributed by atoms with Crippen LogP contribution in [0.5, 0.6) is 0 Å². The van der Waals surface area contributed by atoms with Crippen molar-refractivity contribution in [3.63, 3.8) is 0 Å². The lowest BCUT2D eigenvalue weighted by atomic mass is 10.0. The predicted molar refractivity (Wildman–Crippen MR) is 273 cm³/mol. The molecule has 0 rings (SSSR count). The number of unbranched alkanes of at least 4 members (excludes halogenated alkanes) is 40. The molecule has 12 heteroatoms. The van der Waals surface area contributed by atoms with Crippen LogP contribution in [0.2, 0.25) is 0 Å². The average Bonchev–Trinajstić information content (AvgIpc) is 3.30. The second-order valence-electron chi connectivity index (χ2n) is 19.4. The van der Waals surface area contributed by atoms with Gasteiger partial charge in [-0.15, -0.1) is 0 Å². The van der Waals surface area contributed by atoms with Gasteiger partial charge in [0.25, 0.3) is 0 Å². The van der Waals surface area contributed by atoms with Crippen LogP contribution in [0.15, 0.2) is 0 Å². The molecule has 4 N–H and O–H groups in total. The summed E-state index contributed by atoms with van der Waals surface area (Å²) in [6.45, 7) is 2.89. The van der Waals surface area contributed by atoms with E-state index in [1.165, 1.54) is 218 Å². The van der Waals surface area contributed by atoms with Crippen LogP contribution in [0.3, 0.4) is 0 Å². The van der Waals surface area contributed by atoms with Crippen LogP contribution >= 0.6 is 7.82 Å². The molecule has 0 aromatic rings. The molecule has 0 bridgehead atoms. The third kappa shape index (κ3) is 48.9. The summed E-state index contributed by atoms with van der Waals surface area (Å²) >= 11 is 0. The quantitative estimate of drug-likeness (QED) is 0.0301. The van der Waals surface area contributed by atoms with E-state index in [-0.39, 0.29) is 19.4 Å². The van der Waals surface area contributed by atoms with Gasteiger partial charge in [0, 0.05) is 12.8 Å². The summed E-state index contributed by atoms with van der Waals surface area (Å²) in [4.78, 5) is 46.3. The maximum Gasteiger partial charge on any atom is 0.472 e. The smallest absolute Gasteiger partial charge is 0.472 e. The molecule has 0 aromatic heterocycles. The van der Waals surface area contributed by atoms with Gasteiger partial charge in [0.1, 0.15) is 12.6 Å². The minimum absolute atomic E-state index is 0.170. The van der Waals surface area contributed by atoms with Gasteiger partial charge in [-0.1, -0.05) is 271 Å². The van der Waals surface area contributed by atoms with Crippen molar-refractivity contribution in [1.82, 2.24) is 0 Å². The van der Waals surface area contributed by atoms with Crippen molar-refractivity contribution >= 4 is 25.7 Å². The number of phosphoric acid groups is 1. The molecule has 0 aliphatic heterocycles. The van der Waals surface area contributed by atoms with Crippen molar-refractivity contribution in [2.24, 2.45) is 5.73 Å². The monoisotopic (exact) mass is 960 g/mol. The molecule has 66 heavy (non-hydrogen) atoms. The highest BCUT2D eigenvalue weighted by Gasteiger charge is 2.28. The normalized spacial score (nSPS) is 13.4. The van der Waals surface area contributed by atoms with Gasteiger partial charge in [-0.25, -0.2) is 4.57 Å². The van der Waals surface area contributed by atoms with E-state index in [4.69, 9.17) is 29.4 Å². The highest BCUT2D eigenvalue weighted by molar-refractivity contribution is 7.47. The number of phosphoric ester groups is 1. The third-order valence-corrected chi connectivity index (χ3v) is 13.8. The molecule has 0 saturated heterocycles. The molecule has 392 valence electrons. The first-order valence-electron chi connectivity index (χ1n) is 28.1. The van der Waals surface area contributed by atoms with Crippen LogP contribution < -0.4 is 5.73 Å². The Kier molecular flexibility index (Phi) is 48.7. The van der Waals surface area contributed by atoms with Gasteiger partial charge in [-0.2, -0.15) is 0 Å². The standard InChI is InChI=1S/C54H106NO10P/c1-3-5-7-9-11-13-15-17-19-21-23-24-25-26-28-30-32-34-36-38-40-42-44-46-53(57)65-50(48-63-66(60,61)64-49-51(55)54(58)59)47-62-52(56)45-43-41-39-37-35-33-31-29-27-22-20-18-16-14-12-10-8-6-4-2/h50-51H,3-49,55H2,1-2H3,(H,58,59)(H,60,61)/t50-,51+/m1/s1. The molecule has 3 atom stereocenters. The Morgan fingerprint density at radius 3 is 0.955 bits per heavy atom. The lowest BCUT2D eigenvalue weighted by Crippen LogP contribution is -2.34. The fourth-order valence-corrected chi connectivity index (χ4v) is 9.26. The zero-order valence-electron chi connectivity index (χ0n) is 43.1. The number of nitrogens with two attached hydrogens (primary N) is 1. The first kappa shape index (κ1) is 64.5. The fraction of sp³-hybridized carbons (Fsp3) is 0.944. The number of ether oxygens (including phenoxy) is 2. The summed E-state index contributed by atoms with van der Waals surface area (Å²) in [5.74, 6) is -2.35. The predicted octanol–water partition coefficient (Wildman–Crippen LogP) is 16.2. The van der Waals surface area contributed by atoms with Crippen molar-refractivity contribution in [3.8, 4) is 0 Å². The zero-order valence-corrected chi connectivity index (χ0v) is 44.0. The lowest BCUT2D eigenvalue weighted by molar-refractivity contribution is -0.161.